The molecule has 2 amide bonds. The largest absolute Gasteiger partial charge is 0.341 e. The summed E-state index contributed by atoms with van der Waals surface area (Å²) in [7, 11) is 0. The van der Waals surface area contributed by atoms with Crippen molar-refractivity contribution < 1.29 is 14.0 Å². The van der Waals surface area contributed by atoms with Crippen LogP contribution in [0.3, 0.4) is 0 Å². The van der Waals surface area contributed by atoms with E-state index in [1.54, 1.807) is 23.5 Å². The molecule has 7 heteroatoms. The third-order valence-electron chi connectivity index (χ3n) is 7.01. The monoisotopic (exact) mass is 485 g/mol. The molecule has 2 aromatic rings. The maximum absolute atomic E-state index is 14.0. The minimum atomic E-state index is -0.252. The van der Waals surface area contributed by atoms with Crippen molar-refractivity contribution in [2.75, 3.05) is 39.3 Å². The Morgan fingerprint density at radius 2 is 1.79 bits per heavy atom. The summed E-state index contributed by atoms with van der Waals surface area (Å²) in [4.78, 5) is 33.3. The van der Waals surface area contributed by atoms with Crippen LogP contribution in [0.4, 0.5) is 4.39 Å². The summed E-state index contributed by atoms with van der Waals surface area (Å²) in [5, 5.41) is 2.09. The van der Waals surface area contributed by atoms with E-state index in [0.29, 0.717) is 32.6 Å². The average molecular weight is 486 g/mol. The zero-order chi connectivity index (χ0) is 23.9. The summed E-state index contributed by atoms with van der Waals surface area (Å²) in [6.45, 7) is 5.86. The highest BCUT2D eigenvalue weighted by Gasteiger charge is 2.32. The molecule has 0 saturated carbocycles. The summed E-state index contributed by atoms with van der Waals surface area (Å²) in [5.74, 6) is 0.0630. The fourth-order valence-electron chi connectivity index (χ4n) is 5.16. The van der Waals surface area contributed by atoms with Crippen LogP contribution in [0, 0.1) is 5.82 Å². The molecule has 34 heavy (non-hydrogen) atoms. The van der Waals surface area contributed by atoms with Crippen LogP contribution in [-0.2, 0) is 16.0 Å². The van der Waals surface area contributed by atoms with E-state index in [-0.39, 0.29) is 23.7 Å². The van der Waals surface area contributed by atoms with Gasteiger partial charge in [0.1, 0.15) is 5.82 Å². The number of fused-ring (bicyclic) bond motifs is 1. The second-order valence-electron chi connectivity index (χ2n) is 9.40. The van der Waals surface area contributed by atoms with Crippen LogP contribution in [0.2, 0.25) is 0 Å². The number of carbonyl (C=O) groups excluding carboxylic acids is 2. The molecule has 1 aromatic heterocycles. The number of benzene rings is 1. The topological polar surface area (TPSA) is 43.9 Å². The first kappa shape index (κ1) is 24.9. The van der Waals surface area contributed by atoms with Gasteiger partial charge in [-0.05, 0) is 54.0 Å². The Balaban J connectivity index is 1.38. The van der Waals surface area contributed by atoms with Gasteiger partial charge in [0.15, 0.2) is 0 Å². The summed E-state index contributed by atoms with van der Waals surface area (Å²) < 4.78 is 14.0. The number of thiophene rings is 1. The predicted molar refractivity (Wildman–Crippen MR) is 134 cm³/mol. The van der Waals surface area contributed by atoms with Crippen molar-refractivity contribution in [1.29, 1.82) is 0 Å². The Labute approximate surface area is 206 Å². The van der Waals surface area contributed by atoms with Gasteiger partial charge in [0.2, 0.25) is 11.8 Å². The molecule has 1 saturated heterocycles. The smallest absolute Gasteiger partial charge is 0.236 e. The highest BCUT2D eigenvalue weighted by Crippen LogP contribution is 2.37. The van der Waals surface area contributed by atoms with Crippen molar-refractivity contribution in [2.45, 2.75) is 57.9 Å². The number of rotatable bonds is 8. The van der Waals surface area contributed by atoms with Gasteiger partial charge >= 0.3 is 0 Å². The van der Waals surface area contributed by atoms with E-state index in [1.807, 2.05) is 15.9 Å². The molecule has 1 aromatic carbocycles. The van der Waals surface area contributed by atoms with E-state index >= 15 is 0 Å². The molecule has 0 bridgehead atoms. The molecular formula is C27H36FN3O2S. The van der Waals surface area contributed by atoms with E-state index in [1.165, 1.54) is 29.3 Å². The maximum atomic E-state index is 14.0. The van der Waals surface area contributed by atoms with Gasteiger partial charge in [-0.1, -0.05) is 38.3 Å². The van der Waals surface area contributed by atoms with Crippen molar-refractivity contribution in [1.82, 2.24) is 14.7 Å². The molecule has 0 spiro atoms. The first-order valence-electron chi connectivity index (χ1n) is 12.7. The molecule has 1 fully saturated rings. The van der Waals surface area contributed by atoms with Crippen LogP contribution in [0.1, 0.15) is 67.5 Å². The Morgan fingerprint density at radius 1 is 1.00 bits per heavy atom. The van der Waals surface area contributed by atoms with E-state index < -0.39 is 0 Å². The number of unbranched alkanes of at least 4 members (excludes halogenated alkanes) is 3. The first-order valence-corrected chi connectivity index (χ1v) is 13.6. The standard InChI is InChI=1S/C27H36FN3O2S/c1-2-3-4-5-10-25(32)29-13-7-14-30(17-16-29)26(33)20-31-15-11-24-23(12-18-34-24)27(31)21-8-6-9-22(28)19-21/h6,8-9,12,18-19,27H,2-5,7,10-11,13-17,20H2,1H3. The summed E-state index contributed by atoms with van der Waals surface area (Å²) in [6, 6.07) is 8.75. The third-order valence-corrected chi connectivity index (χ3v) is 8.01. The molecule has 0 aliphatic carbocycles. The molecule has 3 heterocycles. The minimum Gasteiger partial charge on any atom is -0.341 e. The zero-order valence-corrected chi connectivity index (χ0v) is 21.0. The molecule has 5 nitrogen and oxygen atoms in total. The Morgan fingerprint density at radius 3 is 2.56 bits per heavy atom. The Hall–Kier alpha value is -2.25. The van der Waals surface area contributed by atoms with Crippen LogP contribution in [0.5, 0.6) is 0 Å². The molecular weight excluding hydrogens is 449 g/mol. The van der Waals surface area contributed by atoms with Crippen molar-refractivity contribution in [3.05, 3.63) is 57.5 Å². The fraction of sp³-hybridized carbons (Fsp3) is 0.556. The van der Waals surface area contributed by atoms with Crippen molar-refractivity contribution in [3.63, 3.8) is 0 Å². The number of hydrogen-bond donors (Lipinski definition) is 0. The molecule has 2 aliphatic rings. The van der Waals surface area contributed by atoms with E-state index in [4.69, 9.17) is 0 Å². The van der Waals surface area contributed by atoms with Crippen LogP contribution in [0.25, 0.3) is 0 Å². The van der Waals surface area contributed by atoms with Gasteiger partial charge in [-0.2, -0.15) is 0 Å². The van der Waals surface area contributed by atoms with Crippen LogP contribution in [-0.4, -0.2) is 65.8 Å². The van der Waals surface area contributed by atoms with Gasteiger partial charge in [-0.25, -0.2) is 4.39 Å². The second-order valence-corrected chi connectivity index (χ2v) is 10.4. The normalized spacial score (nSPS) is 19.1. The molecule has 0 radical (unpaired) electrons. The number of halogens is 1. The number of carbonyl (C=O) groups is 2. The van der Waals surface area contributed by atoms with Crippen LogP contribution < -0.4 is 0 Å². The number of nitrogens with zero attached hydrogens (tertiary/aromatic N) is 3. The van der Waals surface area contributed by atoms with E-state index in [2.05, 4.69) is 23.3 Å². The van der Waals surface area contributed by atoms with Crippen molar-refractivity contribution in [3.8, 4) is 0 Å². The lowest BCUT2D eigenvalue weighted by atomic mass is 9.93. The molecule has 2 aliphatic heterocycles. The molecule has 184 valence electrons. The van der Waals surface area contributed by atoms with E-state index in [9.17, 15) is 14.0 Å². The summed E-state index contributed by atoms with van der Waals surface area (Å²) in [5.41, 5.74) is 2.08. The number of amides is 2. The number of hydrogen-bond acceptors (Lipinski definition) is 4. The van der Waals surface area contributed by atoms with Crippen molar-refractivity contribution >= 4 is 23.2 Å². The van der Waals surface area contributed by atoms with Gasteiger partial charge in [0, 0.05) is 44.0 Å². The Bertz CT molecular complexity index is 978. The van der Waals surface area contributed by atoms with Gasteiger partial charge < -0.3 is 9.80 Å². The SMILES string of the molecule is CCCCCCC(=O)N1CCCN(C(=O)CN2CCc3sccc3C2c2cccc(F)c2)CC1. The molecule has 4 rings (SSSR count). The zero-order valence-electron chi connectivity index (χ0n) is 20.2. The van der Waals surface area contributed by atoms with Gasteiger partial charge in [0.25, 0.3) is 0 Å². The van der Waals surface area contributed by atoms with E-state index in [0.717, 1.165) is 44.3 Å². The lowest BCUT2D eigenvalue weighted by Crippen LogP contribution is -2.45. The minimum absolute atomic E-state index is 0.0947. The average Bonchev–Trinajstić information content (AvgIpc) is 3.16. The summed E-state index contributed by atoms with van der Waals surface area (Å²) in [6.07, 6.45) is 6.73. The summed E-state index contributed by atoms with van der Waals surface area (Å²) >= 11 is 1.74. The van der Waals surface area contributed by atoms with Gasteiger partial charge in [0.05, 0.1) is 12.6 Å². The van der Waals surface area contributed by atoms with Gasteiger partial charge in [-0.3, -0.25) is 14.5 Å². The second kappa shape index (κ2) is 11.9. The first-order chi connectivity index (χ1) is 16.6. The molecule has 1 atom stereocenters. The highest BCUT2D eigenvalue weighted by atomic mass is 32.1. The Kier molecular flexibility index (Phi) is 8.73. The van der Waals surface area contributed by atoms with Crippen molar-refractivity contribution in [2.24, 2.45) is 0 Å². The fourth-order valence-corrected chi connectivity index (χ4v) is 6.06. The van der Waals surface area contributed by atoms with Crippen LogP contribution in [0.15, 0.2) is 35.7 Å². The van der Waals surface area contributed by atoms with Crippen LogP contribution >= 0.6 is 11.3 Å². The maximum Gasteiger partial charge on any atom is 0.236 e. The van der Waals surface area contributed by atoms with Gasteiger partial charge in [-0.15, -0.1) is 11.3 Å². The molecule has 1 unspecified atom stereocenters. The molecule has 0 N–H and O–H groups in total. The lowest BCUT2D eigenvalue weighted by Gasteiger charge is -2.37. The lowest BCUT2D eigenvalue weighted by molar-refractivity contribution is -0.134. The highest BCUT2D eigenvalue weighted by molar-refractivity contribution is 7.10. The predicted octanol–water partition coefficient (Wildman–Crippen LogP) is 4.87. The quantitative estimate of drug-likeness (QED) is 0.501. The third kappa shape index (κ3) is 6.05.